The van der Waals surface area contributed by atoms with Crippen LogP contribution in [0.2, 0.25) is 10.0 Å². The maximum absolute atomic E-state index is 11.8. The molecule has 10 heteroatoms. The van der Waals surface area contributed by atoms with Gasteiger partial charge >= 0.3 is 5.97 Å². The predicted molar refractivity (Wildman–Crippen MR) is 74.2 cm³/mol. The summed E-state index contributed by atoms with van der Waals surface area (Å²) in [4.78, 5) is 26.2. The second-order valence-electron chi connectivity index (χ2n) is 4.01. The highest BCUT2D eigenvalue weighted by atomic mass is 35.5. The fourth-order valence-electron chi connectivity index (χ4n) is 1.48. The summed E-state index contributed by atoms with van der Waals surface area (Å²) in [6.45, 7) is -0.146. The monoisotopic (exact) mass is 329 g/mol. The molecule has 0 spiro atoms. The van der Waals surface area contributed by atoms with Crippen molar-refractivity contribution in [1.29, 1.82) is 0 Å². The molecular formula is C11H9Cl2N5O3. The molecule has 21 heavy (non-hydrogen) atoms. The van der Waals surface area contributed by atoms with Crippen molar-refractivity contribution in [3.63, 3.8) is 0 Å². The number of carboxylic acid groups (broad SMARTS) is 1. The first kappa shape index (κ1) is 15.2. The standard InChI is InChI=1S/C11H9Cl2N5O3/c12-6-1-8(13)11(14-3-6)15-9(19)5-18-4-7(16-17-18)2-10(20)21/h1,3-4H,2,5H2,(H,20,21)(H,14,15,19). The van der Waals surface area contributed by atoms with Crippen molar-refractivity contribution >= 4 is 40.9 Å². The summed E-state index contributed by atoms with van der Waals surface area (Å²) in [5.41, 5.74) is 0.262. The van der Waals surface area contributed by atoms with Gasteiger partial charge in [-0.25, -0.2) is 9.67 Å². The summed E-state index contributed by atoms with van der Waals surface area (Å²) in [5.74, 6) is -1.28. The summed E-state index contributed by atoms with van der Waals surface area (Å²) in [6.07, 6.45) is 2.47. The summed E-state index contributed by atoms with van der Waals surface area (Å²) in [5, 5.41) is 19.0. The molecule has 0 saturated carbocycles. The van der Waals surface area contributed by atoms with E-state index in [1.54, 1.807) is 0 Å². The lowest BCUT2D eigenvalue weighted by atomic mass is 10.3. The quantitative estimate of drug-likeness (QED) is 0.854. The van der Waals surface area contributed by atoms with Crippen molar-refractivity contribution in [2.24, 2.45) is 0 Å². The lowest BCUT2D eigenvalue weighted by molar-refractivity contribution is -0.136. The van der Waals surface area contributed by atoms with Gasteiger partial charge in [-0.3, -0.25) is 9.59 Å². The van der Waals surface area contributed by atoms with Crippen LogP contribution in [0.1, 0.15) is 5.69 Å². The fourth-order valence-corrected chi connectivity index (χ4v) is 1.90. The van der Waals surface area contributed by atoms with E-state index in [-0.39, 0.29) is 29.5 Å². The molecule has 0 aromatic carbocycles. The number of aromatic nitrogens is 4. The Morgan fingerprint density at radius 1 is 1.38 bits per heavy atom. The van der Waals surface area contributed by atoms with Crippen molar-refractivity contribution < 1.29 is 14.7 Å². The maximum Gasteiger partial charge on any atom is 0.309 e. The van der Waals surface area contributed by atoms with Crippen LogP contribution in [0, 0.1) is 0 Å². The van der Waals surface area contributed by atoms with Gasteiger partial charge in [0.1, 0.15) is 6.54 Å². The molecule has 0 radical (unpaired) electrons. The van der Waals surface area contributed by atoms with Crippen LogP contribution >= 0.6 is 23.2 Å². The molecule has 1 amide bonds. The van der Waals surface area contributed by atoms with Gasteiger partial charge in [0.25, 0.3) is 0 Å². The van der Waals surface area contributed by atoms with Crippen molar-refractivity contribution in [3.8, 4) is 0 Å². The third-order valence-corrected chi connectivity index (χ3v) is 2.78. The summed E-state index contributed by atoms with van der Waals surface area (Å²) < 4.78 is 1.22. The molecule has 0 aliphatic carbocycles. The van der Waals surface area contributed by atoms with Crippen molar-refractivity contribution in [2.75, 3.05) is 5.32 Å². The van der Waals surface area contributed by atoms with Crippen LogP contribution in [0.15, 0.2) is 18.5 Å². The first-order chi connectivity index (χ1) is 9.94. The van der Waals surface area contributed by atoms with Crippen LogP contribution in [0.5, 0.6) is 0 Å². The zero-order chi connectivity index (χ0) is 15.4. The Kier molecular flexibility index (Phi) is 4.71. The van der Waals surface area contributed by atoms with Gasteiger partial charge in [0.15, 0.2) is 5.82 Å². The minimum atomic E-state index is -1.02. The molecule has 2 aromatic rings. The van der Waals surface area contributed by atoms with E-state index in [9.17, 15) is 9.59 Å². The van der Waals surface area contributed by atoms with Crippen molar-refractivity contribution in [1.82, 2.24) is 20.0 Å². The lowest BCUT2D eigenvalue weighted by Crippen LogP contribution is -2.20. The highest BCUT2D eigenvalue weighted by Crippen LogP contribution is 2.22. The molecule has 8 nitrogen and oxygen atoms in total. The van der Waals surface area contributed by atoms with E-state index >= 15 is 0 Å². The number of pyridine rings is 1. The Morgan fingerprint density at radius 2 is 2.14 bits per heavy atom. The number of carbonyl (C=O) groups is 2. The van der Waals surface area contributed by atoms with E-state index < -0.39 is 11.9 Å². The molecule has 0 unspecified atom stereocenters. The fraction of sp³-hybridized carbons (Fsp3) is 0.182. The minimum Gasteiger partial charge on any atom is -0.481 e. The molecule has 0 aliphatic rings. The second kappa shape index (κ2) is 6.51. The van der Waals surface area contributed by atoms with E-state index in [0.29, 0.717) is 5.02 Å². The van der Waals surface area contributed by atoms with Gasteiger partial charge in [-0.1, -0.05) is 28.4 Å². The van der Waals surface area contributed by atoms with Gasteiger partial charge in [0.05, 0.1) is 22.2 Å². The second-order valence-corrected chi connectivity index (χ2v) is 4.85. The Morgan fingerprint density at radius 3 is 2.81 bits per heavy atom. The van der Waals surface area contributed by atoms with E-state index in [2.05, 4.69) is 20.6 Å². The smallest absolute Gasteiger partial charge is 0.309 e. The summed E-state index contributed by atoms with van der Waals surface area (Å²) in [7, 11) is 0. The van der Waals surface area contributed by atoms with E-state index in [1.807, 2.05) is 0 Å². The average molecular weight is 330 g/mol. The number of hydrogen-bond acceptors (Lipinski definition) is 5. The van der Waals surface area contributed by atoms with Gasteiger partial charge in [-0.2, -0.15) is 0 Å². The number of anilines is 1. The number of nitrogens with one attached hydrogen (secondary N) is 1. The van der Waals surface area contributed by atoms with Gasteiger partial charge in [0.2, 0.25) is 5.91 Å². The largest absolute Gasteiger partial charge is 0.481 e. The van der Waals surface area contributed by atoms with Gasteiger partial charge in [-0.05, 0) is 6.07 Å². The highest BCUT2D eigenvalue weighted by Gasteiger charge is 2.11. The first-order valence-corrected chi connectivity index (χ1v) is 6.41. The SMILES string of the molecule is O=C(O)Cc1cn(CC(=O)Nc2ncc(Cl)cc2Cl)nn1. The average Bonchev–Trinajstić information content (AvgIpc) is 2.79. The van der Waals surface area contributed by atoms with Crippen molar-refractivity contribution in [3.05, 3.63) is 34.2 Å². The topological polar surface area (TPSA) is 110 Å². The Hall–Kier alpha value is -2.19. The van der Waals surface area contributed by atoms with Gasteiger partial charge in [0, 0.05) is 12.4 Å². The van der Waals surface area contributed by atoms with Crippen LogP contribution in [-0.4, -0.2) is 37.0 Å². The molecule has 0 atom stereocenters. The van der Waals surface area contributed by atoms with Crippen LogP contribution in [0.4, 0.5) is 5.82 Å². The lowest BCUT2D eigenvalue weighted by Gasteiger charge is -2.06. The molecule has 0 bridgehead atoms. The number of carboxylic acids is 1. The number of halogens is 2. The molecule has 2 heterocycles. The molecule has 0 aliphatic heterocycles. The van der Waals surface area contributed by atoms with E-state index in [1.165, 1.54) is 23.1 Å². The molecule has 2 rings (SSSR count). The van der Waals surface area contributed by atoms with E-state index in [0.717, 1.165) is 0 Å². The molecule has 110 valence electrons. The molecule has 0 saturated heterocycles. The van der Waals surface area contributed by atoms with Gasteiger partial charge < -0.3 is 10.4 Å². The third kappa shape index (κ3) is 4.40. The zero-order valence-corrected chi connectivity index (χ0v) is 12.0. The van der Waals surface area contributed by atoms with E-state index in [4.69, 9.17) is 28.3 Å². The molecule has 2 aromatic heterocycles. The number of rotatable bonds is 5. The summed E-state index contributed by atoms with van der Waals surface area (Å²) in [6, 6.07) is 1.45. The minimum absolute atomic E-state index is 0.146. The van der Waals surface area contributed by atoms with Crippen LogP contribution in [0.25, 0.3) is 0 Å². The number of aliphatic carboxylic acids is 1. The Bertz CT molecular complexity index is 688. The number of nitrogens with zero attached hydrogens (tertiary/aromatic N) is 4. The maximum atomic E-state index is 11.8. The number of hydrogen-bond donors (Lipinski definition) is 2. The normalized spacial score (nSPS) is 10.4. The number of amides is 1. The third-order valence-electron chi connectivity index (χ3n) is 2.29. The number of carbonyl (C=O) groups excluding carboxylic acids is 1. The van der Waals surface area contributed by atoms with Crippen molar-refractivity contribution in [2.45, 2.75) is 13.0 Å². The molecule has 2 N–H and O–H groups in total. The Balaban J connectivity index is 1.98. The predicted octanol–water partition coefficient (Wildman–Crippen LogP) is 1.25. The van der Waals surface area contributed by atoms with Crippen LogP contribution < -0.4 is 5.32 Å². The molecule has 0 fully saturated rings. The highest BCUT2D eigenvalue weighted by molar-refractivity contribution is 6.36. The summed E-state index contributed by atoms with van der Waals surface area (Å²) >= 11 is 11.6. The zero-order valence-electron chi connectivity index (χ0n) is 10.5. The Labute approximate surface area is 128 Å². The molecular weight excluding hydrogens is 321 g/mol. The van der Waals surface area contributed by atoms with Gasteiger partial charge in [-0.15, -0.1) is 5.10 Å². The first-order valence-electron chi connectivity index (χ1n) is 5.66. The van der Waals surface area contributed by atoms with Crippen LogP contribution in [-0.2, 0) is 22.6 Å². The van der Waals surface area contributed by atoms with Crippen LogP contribution in [0.3, 0.4) is 0 Å².